The number of aromatic nitrogens is 1. The van der Waals surface area contributed by atoms with Crippen molar-refractivity contribution < 1.29 is 9.53 Å². The number of nitrogens with zero attached hydrogens (tertiary/aromatic N) is 2. The average Bonchev–Trinajstić information content (AvgIpc) is 2.95. The molecular weight excluding hydrogens is 338 g/mol. The average molecular weight is 355 g/mol. The molecule has 0 atom stereocenters. The van der Waals surface area contributed by atoms with Crippen molar-refractivity contribution in [2.75, 3.05) is 7.11 Å². The molecule has 3 rings (SSSR count). The minimum absolute atomic E-state index is 0.0672. The fraction of sp³-hybridized carbons (Fsp3) is 0.167. The van der Waals surface area contributed by atoms with Crippen molar-refractivity contribution in [3.63, 3.8) is 0 Å². The minimum atomic E-state index is -0.349. The third-order valence-corrected chi connectivity index (χ3v) is 4.69. The lowest BCUT2D eigenvalue weighted by Crippen LogP contribution is -2.28. The summed E-state index contributed by atoms with van der Waals surface area (Å²) in [5.41, 5.74) is 4.80. The third-order valence-electron chi connectivity index (χ3n) is 3.73. The standard InChI is InChI=1S/C18H17N3O3S/c1-12(13-7-9-14(24-2)10-8-13)19-20-17(22)11-21-15-5-3-4-6-16(15)25-18(21)23/h3-10H,11H2,1-2H3,(H,20,22)/b19-12+. The van der Waals surface area contributed by atoms with E-state index >= 15 is 0 Å². The maximum Gasteiger partial charge on any atom is 0.308 e. The van der Waals surface area contributed by atoms with Gasteiger partial charge in [0.1, 0.15) is 12.3 Å². The lowest BCUT2D eigenvalue weighted by Gasteiger charge is -2.05. The summed E-state index contributed by atoms with van der Waals surface area (Å²) in [7, 11) is 1.60. The van der Waals surface area contributed by atoms with Crippen molar-refractivity contribution in [3.05, 3.63) is 63.8 Å². The smallest absolute Gasteiger partial charge is 0.308 e. The molecule has 3 aromatic rings. The van der Waals surface area contributed by atoms with Gasteiger partial charge in [0, 0.05) is 0 Å². The van der Waals surface area contributed by atoms with Crippen LogP contribution in [-0.4, -0.2) is 23.3 Å². The zero-order valence-corrected chi connectivity index (χ0v) is 14.7. The Kier molecular flexibility index (Phi) is 4.95. The highest BCUT2D eigenvalue weighted by atomic mass is 32.1. The number of carbonyl (C=O) groups excluding carboxylic acids is 1. The summed E-state index contributed by atoms with van der Waals surface area (Å²) in [6.45, 7) is 1.73. The molecule has 0 aliphatic rings. The second-order valence-electron chi connectivity index (χ2n) is 5.38. The van der Waals surface area contributed by atoms with Crippen molar-refractivity contribution in [1.29, 1.82) is 0 Å². The summed E-state index contributed by atoms with van der Waals surface area (Å²) in [5.74, 6) is 0.405. The molecule has 0 bridgehead atoms. The van der Waals surface area contributed by atoms with Gasteiger partial charge < -0.3 is 4.74 Å². The number of methoxy groups -OCH3 is 1. The molecule has 0 saturated carbocycles. The van der Waals surface area contributed by atoms with Gasteiger partial charge in [-0.1, -0.05) is 23.5 Å². The number of para-hydroxylation sites is 1. The molecule has 0 spiro atoms. The van der Waals surface area contributed by atoms with E-state index in [1.807, 2.05) is 48.5 Å². The van der Waals surface area contributed by atoms with Gasteiger partial charge in [-0.05, 0) is 48.9 Å². The highest BCUT2D eigenvalue weighted by Crippen LogP contribution is 2.16. The maximum atomic E-state index is 12.1. The van der Waals surface area contributed by atoms with Gasteiger partial charge in [0.2, 0.25) is 0 Å². The molecule has 0 aliphatic heterocycles. The van der Waals surface area contributed by atoms with E-state index in [9.17, 15) is 9.59 Å². The van der Waals surface area contributed by atoms with Crippen LogP contribution in [0.15, 0.2) is 58.4 Å². The highest BCUT2D eigenvalue weighted by Gasteiger charge is 2.10. The first-order chi connectivity index (χ1) is 12.1. The molecule has 7 heteroatoms. The number of hydrogen-bond acceptors (Lipinski definition) is 5. The van der Waals surface area contributed by atoms with E-state index in [1.54, 1.807) is 14.0 Å². The number of carbonyl (C=O) groups is 1. The number of nitrogens with one attached hydrogen (secondary N) is 1. The molecule has 1 N–H and O–H groups in total. The van der Waals surface area contributed by atoms with Crippen LogP contribution in [0.2, 0.25) is 0 Å². The molecule has 0 fully saturated rings. The van der Waals surface area contributed by atoms with Crippen LogP contribution in [-0.2, 0) is 11.3 Å². The van der Waals surface area contributed by atoms with Crippen molar-refractivity contribution >= 4 is 33.2 Å². The molecule has 2 aromatic carbocycles. The van der Waals surface area contributed by atoms with Crippen molar-refractivity contribution in [1.82, 2.24) is 9.99 Å². The normalized spacial score (nSPS) is 11.5. The summed E-state index contributed by atoms with van der Waals surface area (Å²) in [4.78, 5) is 24.0. The SMILES string of the molecule is COc1ccc(/C(C)=N/NC(=O)Cn2c(=O)sc3ccccc32)cc1. The highest BCUT2D eigenvalue weighted by molar-refractivity contribution is 7.16. The third kappa shape index (κ3) is 3.77. The van der Waals surface area contributed by atoms with Gasteiger partial charge in [0.05, 0.1) is 23.0 Å². The van der Waals surface area contributed by atoms with E-state index in [0.717, 1.165) is 32.9 Å². The second-order valence-corrected chi connectivity index (χ2v) is 6.38. The quantitative estimate of drug-likeness (QED) is 0.565. The molecule has 6 nitrogen and oxygen atoms in total. The number of hydrogen-bond donors (Lipinski definition) is 1. The van der Waals surface area contributed by atoms with Crippen LogP contribution >= 0.6 is 11.3 Å². The van der Waals surface area contributed by atoms with Crippen LogP contribution in [0, 0.1) is 0 Å². The Morgan fingerprint density at radius 3 is 2.64 bits per heavy atom. The fourth-order valence-corrected chi connectivity index (χ4v) is 3.28. The molecule has 0 unspecified atom stereocenters. The van der Waals surface area contributed by atoms with Crippen LogP contribution in [0.5, 0.6) is 5.75 Å². The number of hydrazone groups is 1. The Labute approximate surface area is 148 Å². The molecule has 128 valence electrons. The Morgan fingerprint density at radius 1 is 1.20 bits per heavy atom. The first-order valence-corrected chi connectivity index (χ1v) is 8.46. The summed E-state index contributed by atoms with van der Waals surface area (Å²) < 4.78 is 7.42. The molecule has 0 aliphatic carbocycles. The lowest BCUT2D eigenvalue weighted by atomic mass is 10.1. The van der Waals surface area contributed by atoms with Gasteiger partial charge in [-0.15, -0.1) is 0 Å². The predicted octanol–water partition coefficient (Wildman–Crippen LogP) is 2.61. The summed E-state index contributed by atoms with van der Waals surface area (Å²) >= 11 is 1.13. The molecule has 1 aromatic heterocycles. The number of ether oxygens (including phenoxy) is 1. The Balaban J connectivity index is 1.71. The maximum absolute atomic E-state index is 12.1. The monoisotopic (exact) mass is 355 g/mol. The van der Waals surface area contributed by atoms with E-state index in [4.69, 9.17) is 4.74 Å². The summed E-state index contributed by atoms with van der Waals surface area (Å²) in [5, 5.41) is 4.10. The van der Waals surface area contributed by atoms with E-state index in [-0.39, 0.29) is 17.3 Å². The lowest BCUT2D eigenvalue weighted by molar-refractivity contribution is -0.121. The number of rotatable bonds is 5. The van der Waals surface area contributed by atoms with Crippen LogP contribution in [0.3, 0.4) is 0 Å². The van der Waals surface area contributed by atoms with Gasteiger partial charge in [0.15, 0.2) is 0 Å². The van der Waals surface area contributed by atoms with Crippen molar-refractivity contribution in [2.45, 2.75) is 13.5 Å². The zero-order chi connectivity index (χ0) is 17.8. The molecule has 1 amide bonds. The topological polar surface area (TPSA) is 72.7 Å². The van der Waals surface area contributed by atoms with Crippen molar-refractivity contribution in [2.24, 2.45) is 5.10 Å². The first-order valence-electron chi connectivity index (χ1n) is 7.64. The van der Waals surface area contributed by atoms with Gasteiger partial charge in [-0.3, -0.25) is 14.2 Å². The zero-order valence-electron chi connectivity index (χ0n) is 13.9. The molecule has 0 saturated heterocycles. The number of benzene rings is 2. The number of fused-ring (bicyclic) bond motifs is 1. The predicted molar refractivity (Wildman–Crippen MR) is 99.4 cm³/mol. The van der Waals surface area contributed by atoms with E-state index in [2.05, 4.69) is 10.5 Å². The number of thiazole rings is 1. The molecule has 0 radical (unpaired) electrons. The molecule has 1 heterocycles. The van der Waals surface area contributed by atoms with Gasteiger partial charge >= 0.3 is 4.87 Å². The Morgan fingerprint density at radius 2 is 1.92 bits per heavy atom. The fourth-order valence-electron chi connectivity index (χ4n) is 2.39. The Hall–Kier alpha value is -2.93. The van der Waals surface area contributed by atoms with Crippen LogP contribution < -0.4 is 15.0 Å². The van der Waals surface area contributed by atoms with Crippen LogP contribution in [0.1, 0.15) is 12.5 Å². The summed E-state index contributed by atoms with van der Waals surface area (Å²) in [6, 6.07) is 14.8. The first kappa shape index (κ1) is 16.9. The van der Waals surface area contributed by atoms with E-state index in [0.29, 0.717) is 5.71 Å². The molecular formula is C18H17N3O3S. The van der Waals surface area contributed by atoms with Crippen LogP contribution in [0.4, 0.5) is 0 Å². The van der Waals surface area contributed by atoms with E-state index < -0.39 is 0 Å². The van der Waals surface area contributed by atoms with Gasteiger partial charge in [0.25, 0.3) is 5.91 Å². The Bertz CT molecular complexity index is 987. The van der Waals surface area contributed by atoms with Crippen molar-refractivity contribution in [3.8, 4) is 5.75 Å². The van der Waals surface area contributed by atoms with Gasteiger partial charge in [-0.25, -0.2) is 5.43 Å². The summed E-state index contributed by atoms with van der Waals surface area (Å²) in [6.07, 6.45) is 0. The van der Waals surface area contributed by atoms with Crippen LogP contribution in [0.25, 0.3) is 10.2 Å². The molecule has 25 heavy (non-hydrogen) atoms. The van der Waals surface area contributed by atoms with E-state index in [1.165, 1.54) is 4.57 Å². The second kappa shape index (κ2) is 7.31. The largest absolute Gasteiger partial charge is 0.497 e. The minimum Gasteiger partial charge on any atom is -0.497 e. The van der Waals surface area contributed by atoms with Gasteiger partial charge in [-0.2, -0.15) is 5.10 Å². The number of amides is 1.